The van der Waals surface area contributed by atoms with Crippen molar-refractivity contribution in [3.63, 3.8) is 0 Å². The van der Waals surface area contributed by atoms with E-state index in [1.54, 1.807) is 24.0 Å². The van der Waals surface area contributed by atoms with Gasteiger partial charge in [0, 0.05) is 10.5 Å². The Morgan fingerprint density at radius 3 is 2.52 bits per heavy atom. The number of amides is 1. The van der Waals surface area contributed by atoms with E-state index in [0.29, 0.717) is 5.56 Å². The highest BCUT2D eigenvalue weighted by atomic mass is 32.2. The van der Waals surface area contributed by atoms with Crippen molar-refractivity contribution in [2.75, 3.05) is 6.26 Å². The van der Waals surface area contributed by atoms with E-state index in [1.807, 2.05) is 66.9 Å². The molecule has 0 heterocycles. The van der Waals surface area contributed by atoms with Crippen molar-refractivity contribution in [2.45, 2.75) is 4.90 Å². The van der Waals surface area contributed by atoms with Crippen LogP contribution in [0.15, 0.2) is 76.7 Å². The van der Waals surface area contributed by atoms with Crippen LogP contribution >= 0.6 is 11.8 Å². The zero-order valence-electron chi connectivity index (χ0n) is 12.7. The number of rotatable bonds is 4. The van der Waals surface area contributed by atoms with Gasteiger partial charge in [0.25, 0.3) is 5.91 Å². The lowest BCUT2D eigenvalue weighted by Crippen LogP contribution is -2.17. The van der Waals surface area contributed by atoms with E-state index < -0.39 is 0 Å². The van der Waals surface area contributed by atoms with Gasteiger partial charge in [-0.05, 0) is 40.8 Å². The number of nitrogens with one attached hydrogen (secondary N) is 1. The Kier molecular flexibility index (Phi) is 4.74. The maximum absolute atomic E-state index is 12.3. The average molecular weight is 320 g/mol. The van der Waals surface area contributed by atoms with E-state index in [2.05, 4.69) is 10.5 Å². The molecule has 0 saturated carbocycles. The van der Waals surface area contributed by atoms with Crippen LogP contribution < -0.4 is 5.43 Å². The number of nitrogens with zero attached hydrogens (tertiary/aromatic N) is 1. The number of benzene rings is 3. The molecule has 114 valence electrons. The first-order valence-corrected chi connectivity index (χ1v) is 8.45. The van der Waals surface area contributed by atoms with Crippen LogP contribution in [0.4, 0.5) is 0 Å². The Labute approximate surface area is 139 Å². The highest BCUT2D eigenvalue weighted by Gasteiger charge is 2.08. The van der Waals surface area contributed by atoms with E-state index in [9.17, 15) is 4.79 Å². The van der Waals surface area contributed by atoms with Crippen molar-refractivity contribution >= 4 is 34.7 Å². The van der Waals surface area contributed by atoms with E-state index in [4.69, 9.17) is 0 Å². The molecule has 3 nitrogen and oxygen atoms in total. The Morgan fingerprint density at radius 1 is 1.00 bits per heavy atom. The molecule has 4 heteroatoms. The molecule has 3 rings (SSSR count). The summed E-state index contributed by atoms with van der Waals surface area (Å²) in [7, 11) is 0. The second-order valence-corrected chi connectivity index (χ2v) is 5.88. The first kappa shape index (κ1) is 15.3. The first-order chi connectivity index (χ1) is 11.3. The zero-order chi connectivity index (χ0) is 16.1. The number of hydrogen-bond donors (Lipinski definition) is 1. The van der Waals surface area contributed by atoms with Gasteiger partial charge in [-0.15, -0.1) is 11.8 Å². The maximum Gasteiger partial charge on any atom is 0.271 e. The lowest BCUT2D eigenvalue weighted by molar-refractivity contribution is 0.0957. The van der Waals surface area contributed by atoms with E-state index in [0.717, 1.165) is 16.3 Å². The lowest BCUT2D eigenvalue weighted by Gasteiger charge is -2.04. The van der Waals surface area contributed by atoms with Crippen LogP contribution in [0.3, 0.4) is 0 Å². The molecule has 0 aliphatic rings. The molecule has 0 radical (unpaired) electrons. The van der Waals surface area contributed by atoms with Crippen LogP contribution in [0, 0.1) is 0 Å². The minimum Gasteiger partial charge on any atom is -0.267 e. The van der Waals surface area contributed by atoms with Gasteiger partial charge in [-0.3, -0.25) is 4.79 Å². The molecule has 0 fully saturated rings. The van der Waals surface area contributed by atoms with Crippen molar-refractivity contribution in [2.24, 2.45) is 5.10 Å². The third-order valence-electron chi connectivity index (χ3n) is 3.53. The van der Waals surface area contributed by atoms with Gasteiger partial charge in [-0.1, -0.05) is 48.5 Å². The van der Waals surface area contributed by atoms with Crippen molar-refractivity contribution in [3.8, 4) is 0 Å². The molecule has 0 bridgehead atoms. The summed E-state index contributed by atoms with van der Waals surface area (Å²) in [6.45, 7) is 0. The summed E-state index contributed by atoms with van der Waals surface area (Å²) >= 11 is 1.69. The fourth-order valence-electron chi connectivity index (χ4n) is 2.34. The molecule has 3 aromatic carbocycles. The third kappa shape index (κ3) is 3.60. The van der Waals surface area contributed by atoms with Crippen LogP contribution in [0.1, 0.15) is 15.9 Å². The molecule has 0 saturated heterocycles. The van der Waals surface area contributed by atoms with Crippen molar-refractivity contribution < 1.29 is 4.79 Å². The third-order valence-corrected chi connectivity index (χ3v) is 4.27. The smallest absolute Gasteiger partial charge is 0.267 e. The Hall–Kier alpha value is -2.59. The zero-order valence-corrected chi connectivity index (χ0v) is 13.5. The normalized spacial score (nSPS) is 11.0. The molecule has 0 spiro atoms. The monoisotopic (exact) mass is 320 g/mol. The molecule has 0 aromatic heterocycles. The van der Waals surface area contributed by atoms with E-state index in [-0.39, 0.29) is 5.91 Å². The van der Waals surface area contributed by atoms with Gasteiger partial charge in [0.2, 0.25) is 0 Å². The molecule has 0 atom stereocenters. The predicted octanol–water partition coefficient (Wildman–Crippen LogP) is 4.33. The van der Waals surface area contributed by atoms with Crippen LogP contribution in [-0.2, 0) is 0 Å². The maximum atomic E-state index is 12.3. The minimum atomic E-state index is -0.209. The summed E-state index contributed by atoms with van der Waals surface area (Å²) in [5.74, 6) is -0.209. The molecule has 1 amide bonds. The number of fused-ring (bicyclic) bond motifs is 1. The molecule has 23 heavy (non-hydrogen) atoms. The second-order valence-electron chi connectivity index (χ2n) is 5.00. The van der Waals surface area contributed by atoms with Gasteiger partial charge in [-0.25, -0.2) is 5.43 Å². The van der Waals surface area contributed by atoms with E-state index >= 15 is 0 Å². The Balaban J connectivity index is 1.74. The molecule has 3 aromatic rings. The van der Waals surface area contributed by atoms with Crippen LogP contribution in [0.5, 0.6) is 0 Å². The van der Waals surface area contributed by atoms with Gasteiger partial charge >= 0.3 is 0 Å². The molecular formula is C19H16N2OS. The van der Waals surface area contributed by atoms with Crippen LogP contribution in [-0.4, -0.2) is 18.4 Å². The molecule has 0 unspecified atom stereocenters. The fourth-order valence-corrected chi connectivity index (χ4v) is 2.75. The van der Waals surface area contributed by atoms with Gasteiger partial charge in [0.15, 0.2) is 0 Å². The number of thioether (sulfide) groups is 1. The van der Waals surface area contributed by atoms with Gasteiger partial charge in [-0.2, -0.15) is 5.10 Å². The van der Waals surface area contributed by atoms with E-state index in [1.165, 1.54) is 4.90 Å². The largest absolute Gasteiger partial charge is 0.271 e. The Morgan fingerprint density at radius 2 is 1.74 bits per heavy atom. The number of carbonyl (C=O) groups excluding carboxylic acids is 1. The summed E-state index contributed by atoms with van der Waals surface area (Å²) in [6, 6.07) is 21.5. The number of hydrazone groups is 1. The van der Waals surface area contributed by atoms with Crippen molar-refractivity contribution in [3.05, 3.63) is 77.9 Å². The van der Waals surface area contributed by atoms with Gasteiger partial charge in [0.1, 0.15) is 0 Å². The van der Waals surface area contributed by atoms with Gasteiger partial charge < -0.3 is 0 Å². The summed E-state index contributed by atoms with van der Waals surface area (Å²) in [4.78, 5) is 13.5. The van der Waals surface area contributed by atoms with Gasteiger partial charge in [0.05, 0.1) is 6.21 Å². The molecule has 0 aliphatic heterocycles. The predicted molar refractivity (Wildman–Crippen MR) is 97.2 cm³/mol. The van der Waals surface area contributed by atoms with Crippen LogP contribution in [0.2, 0.25) is 0 Å². The quantitative estimate of drug-likeness (QED) is 0.442. The topological polar surface area (TPSA) is 41.5 Å². The molecule has 1 N–H and O–H groups in total. The Bertz CT molecular complexity index is 851. The van der Waals surface area contributed by atoms with Crippen LogP contribution in [0.25, 0.3) is 10.8 Å². The number of hydrogen-bond acceptors (Lipinski definition) is 3. The average Bonchev–Trinajstić information content (AvgIpc) is 2.61. The fraction of sp³-hybridized carbons (Fsp3) is 0.0526. The molecule has 0 aliphatic carbocycles. The summed E-state index contributed by atoms with van der Waals surface area (Å²) in [5, 5.41) is 6.01. The minimum absolute atomic E-state index is 0.209. The summed E-state index contributed by atoms with van der Waals surface area (Å²) < 4.78 is 0. The summed E-state index contributed by atoms with van der Waals surface area (Å²) in [5.41, 5.74) is 4.16. The standard InChI is InChI=1S/C19H16N2OS/c1-23-16-11-9-14(10-12-16)13-20-21-19(22)18-8-4-6-15-5-2-3-7-17(15)18/h2-13H,1H3,(H,21,22)/b20-13+. The number of carbonyl (C=O) groups is 1. The highest BCUT2D eigenvalue weighted by molar-refractivity contribution is 7.98. The SMILES string of the molecule is CSc1ccc(/C=N/NC(=O)c2cccc3ccccc23)cc1. The van der Waals surface area contributed by atoms with Crippen molar-refractivity contribution in [1.82, 2.24) is 5.43 Å². The lowest BCUT2D eigenvalue weighted by atomic mass is 10.0. The first-order valence-electron chi connectivity index (χ1n) is 7.23. The molecular weight excluding hydrogens is 304 g/mol. The second kappa shape index (κ2) is 7.11. The highest BCUT2D eigenvalue weighted by Crippen LogP contribution is 2.18. The summed E-state index contributed by atoms with van der Waals surface area (Å²) in [6.07, 6.45) is 3.68. The van der Waals surface area contributed by atoms with Crippen molar-refractivity contribution in [1.29, 1.82) is 0 Å².